The van der Waals surface area contributed by atoms with Crippen molar-refractivity contribution < 1.29 is 9.53 Å². The Morgan fingerprint density at radius 1 is 1.58 bits per heavy atom. The number of nitrogens with zero attached hydrogens (tertiary/aromatic N) is 2. The van der Waals surface area contributed by atoms with Crippen LogP contribution in [0.2, 0.25) is 0 Å². The Labute approximate surface area is 114 Å². The molecule has 2 rings (SSSR count). The van der Waals surface area contributed by atoms with E-state index in [2.05, 4.69) is 15.3 Å². The predicted molar refractivity (Wildman–Crippen MR) is 74.0 cm³/mol. The number of nitrogens with one attached hydrogen (secondary N) is 1. The molecule has 0 saturated carbocycles. The number of hydrogen-bond donors (Lipinski definition) is 2. The van der Waals surface area contributed by atoms with Crippen LogP contribution >= 0.6 is 11.3 Å². The third kappa shape index (κ3) is 3.19. The Kier molecular flexibility index (Phi) is 4.30. The molecule has 2 aromatic heterocycles. The first-order valence-corrected chi connectivity index (χ1v) is 6.63. The fourth-order valence-electron chi connectivity index (χ4n) is 1.50. The summed E-state index contributed by atoms with van der Waals surface area (Å²) in [5.41, 5.74) is 8.29. The first-order valence-electron chi connectivity index (χ1n) is 5.75. The van der Waals surface area contributed by atoms with Gasteiger partial charge in [0.1, 0.15) is 5.82 Å². The van der Waals surface area contributed by atoms with Crippen LogP contribution in [-0.2, 0) is 11.3 Å². The summed E-state index contributed by atoms with van der Waals surface area (Å²) in [5, 5.41) is 3.08. The third-order valence-corrected chi connectivity index (χ3v) is 3.18. The van der Waals surface area contributed by atoms with Crippen molar-refractivity contribution in [3.05, 3.63) is 34.4 Å². The highest BCUT2D eigenvalue weighted by molar-refractivity contribution is 7.09. The number of rotatable bonds is 5. The number of anilines is 2. The van der Waals surface area contributed by atoms with Gasteiger partial charge >= 0.3 is 5.97 Å². The standard InChI is InChI=1S/C12H14N4O2S/c1-2-18-12(17)9-3-4-15-11(10(9)13)16-6-8-5-14-7-19-8/h3-5,7H,2,6,13H2,1H3,(H,15,16). The highest BCUT2D eigenvalue weighted by Crippen LogP contribution is 2.21. The first-order chi connectivity index (χ1) is 9.22. The summed E-state index contributed by atoms with van der Waals surface area (Å²) < 4.78 is 4.93. The van der Waals surface area contributed by atoms with Gasteiger partial charge in [0, 0.05) is 17.3 Å². The van der Waals surface area contributed by atoms with Gasteiger partial charge in [-0.05, 0) is 13.0 Å². The van der Waals surface area contributed by atoms with Gasteiger partial charge in [0.15, 0.2) is 0 Å². The summed E-state index contributed by atoms with van der Waals surface area (Å²) in [4.78, 5) is 20.8. The van der Waals surface area contributed by atoms with Crippen molar-refractivity contribution in [2.24, 2.45) is 0 Å². The molecule has 6 nitrogen and oxygen atoms in total. The van der Waals surface area contributed by atoms with Crippen LogP contribution in [0.5, 0.6) is 0 Å². The fraction of sp³-hybridized carbons (Fsp3) is 0.250. The van der Waals surface area contributed by atoms with E-state index in [-0.39, 0.29) is 0 Å². The monoisotopic (exact) mass is 278 g/mol. The Morgan fingerprint density at radius 2 is 2.42 bits per heavy atom. The molecule has 0 fully saturated rings. The van der Waals surface area contributed by atoms with Crippen molar-refractivity contribution in [2.45, 2.75) is 13.5 Å². The van der Waals surface area contributed by atoms with Crippen LogP contribution in [0.1, 0.15) is 22.2 Å². The topological polar surface area (TPSA) is 90.1 Å². The normalized spacial score (nSPS) is 10.2. The van der Waals surface area contributed by atoms with E-state index >= 15 is 0 Å². The second-order valence-corrected chi connectivity index (χ2v) is 4.63. The maximum atomic E-state index is 11.7. The van der Waals surface area contributed by atoms with Crippen molar-refractivity contribution >= 4 is 28.8 Å². The van der Waals surface area contributed by atoms with Gasteiger partial charge < -0.3 is 15.8 Å². The number of nitrogen functional groups attached to an aromatic ring is 1. The molecule has 100 valence electrons. The summed E-state index contributed by atoms with van der Waals surface area (Å²) in [6.07, 6.45) is 3.29. The van der Waals surface area contributed by atoms with Gasteiger partial charge in [-0.1, -0.05) is 0 Å². The SMILES string of the molecule is CCOC(=O)c1ccnc(NCc2cncs2)c1N. The molecule has 0 bridgehead atoms. The van der Waals surface area contributed by atoms with Gasteiger partial charge in [0.25, 0.3) is 0 Å². The van der Waals surface area contributed by atoms with E-state index in [4.69, 9.17) is 10.5 Å². The second kappa shape index (κ2) is 6.14. The highest BCUT2D eigenvalue weighted by atomic mass is 32.1. The Morgan fingerprint density at radius 3 is 3.11 bits per heavy atom. The van der Waals surface area contributed by atoms with E-state index in [1.165, 1.54) is 17.5 Å². The largest absolute Gasteiger partial charge is 0.462 e. The molecule has 0 unspecified atom stereocenters. The fourth-order valence-corrected chi connectivity index (χ4v) is 2.04. The van der Waals surface area contributed by atoms with Crippen LogP contribution < -0.4 is 11.1 Å². The van der Waals surface area contributed by atoms with Crippen LogP contribution in [0.3, 0.4) is 0 Å². The number of thiazole rings is 1. The van der Waals surface area contributed by atoms with Crippen LogP contribution in [0.25, 0.3) is 0 Å². The molecule has 0 amide bonds. The second-order valence-electron chi connectivity index (χ2n) is 3.66. The molecule has 7 heteroatoms. The summed E-state index contributed by atoms with van der Waals surface area (Å²) in [7, 11) is 0. The molecule has 0 aliphatic heterocycles. The lowest BCUT2D eigenvalue weighted by Crippen LogP contribution is -2.11. The lowest BCUT2D eigenvalue weighted by atomic mass is 10.2. The molecule has 3 N–H and O–H groups in total. The van der Waals surface area contributed by atoms with Crippen molar-refractivity contribution in [1.82, 2.24) is 9.97 Å². The maximum Gasteiger partial charge on any atom is 0.340 e. The molecule has 0 saturated heterocycles. The van der Waals surface area contributed by atoms with Crippen molar-refractivity contribution in [2.75, 3.05) is 17.7 Å². The lowest BCUT2D eigenvalue weighted by Gasteiger charge is -2.10. The van der Waals surface area contributed by atoms with Crippen LogP contribution in [-0.4, -0.2) is 22.5 Å². The summed E-state index contributed by atoms with van der Waals surface area (Å²) >= 11 is 1.53. The average molecular weight is 278 g/mol. The number of pyridine rings is 1. The highest BCUT2D eigenvalue weighted by Gasteiger charge is 2.14. The first kappa shape index (κ1) is 13.3. The zero-order valence-electron chi connectivity index (χ0n) is 10.4. The minimum atomic E-state index is -0.441. The number of ether oxygens (including phenoxy) is 1. The number of carbonyl (C=O) groups is 1. The predicted octanol–water partition coefficient (Wildman–Crippen LogP) is 1.91. The molecule has 0 radical (unpaired) electrons. The van der Waals surface area contributed by atoms with Crippen LogP contribution in [0.4, 0.5) is 11.5 Å². The van der Waals surface area contributed by atoms with E-state index in [1.807, 2.05) is 0 Å². The maximum absolute atomic E-state index is 11.7. The van der Waals surface area contributed by atoms with Crippen molar-refractivity contribution in [1.29, 1.82) is 0 Å². The smallest absolute Gasteiger partial charge is 0.340 e. The lowest BCUT2D eigenvalue weighted by molar-refractivity contribution is 0.0527. The van der Waals surface area contributed by atoms with Gasteiger partial charge in [-0.15, -0.1) is 11.3 Å². The van der Waals surface area contributed by atoms with E-state index in [1.54, 1.807) is 24.7 Å². The Balaban J connectivity index is 2.13. The van der Waals surface area contributed by atoms with Crippen molar-refractivity contribution in [3.63, 3.8) is 0 Å². The molecule has 19 heavy (non-hydrogen) atoms. The van der Waals surface area contributed by atoms with Crippen LogP contribution in [0.15, 0.2) is 24.0 Å². The number of nitrogens with two attached hydrogens (primary N) is 1. The molecule has 2 heterocycles. The summed E-state index contributed by atoms with van der Waals surface area (Å²) in [6.45, 7) is 2.62. The molecule has 0 spiro atoms. The van der Waals surface area contributed by atoms with Gasteiger partial charge in [-0.25, -0.2) is 9.78 Å². The minimum Gasteiger partial charge on any atom is -0.462 e. The molecule has 0 atom stereocenters. The minimum absolute atomic E-state index is 0.297. The Bertz CT molecular complexity index is 557. The number of hydrogen-bond acceptors (Lipinski definition) is 7. The average Bonchev–Trinajstić information content (AvgIpc) is 2.91. The van der Waals surface area contributed by atoms with E-state index < -0.39 is 5.97 Å². The zero-order chi connectivity index (χ0) is 13.7. The molecule has 2 aromatic rings. The van der Waals surface area contributed by atoms with E-state index in [0.717, 1.165) is 4.88 Å². The molecular weight excluding hydrogens is 264 g/mol. The van der Waals surface area contributed by atoms with E-state index in [9.17, 15) is 4.79 Å². The molecule has 0 aliphatic carbocycles. The third-order valence-electron chi connectivity index (χ3n) is 2.40. The summed E-state index contributed by atoms with van der Waals surface area (Å²) in [5.74, 6) is 0.0298. The number of aromatic nitrogens is 2. The Hall–Kier alpha value is -2.15. The van der Waals surface area contributed by atoms with Crippen LogP contribution in [0, 0.1) is 0 Å². The zero-order valence-corrected chi connectivity index (χ0v) is 11.2. The quantitative estimate of drug-likeness (QED) is 0.812. The summed E-state index contributed by atoms with van der Waals surface area (Å²) in [6, 6.07) is 1.55. The number of esters is 1. The van der Waals surface area contributed by atoms with Crippen molar-refractivity contribution in [3.8, 4) is 0 Å². The van der Waals surface area contributed by atoms with Gasteiger partial charge in [-0.2, -0.15) is 0 Å². The molecule has 0 aromatic carbocycles. The van der Waals surface area contributed by atoms with Gasteiger partial charge in [0.2, 0.25) is 0 Å². The van der Waals surface area contributed by atoms with Gasteiger partial charge in [0.05, 0.1) is 29.9 Å². The molecule has 0 aliphatic rings. The number of carbonyl (C=O) groups excluding carboxylic acids is 1. The van der Waals surface area contributed by atoms with Gasteiger partial charge in [-0.3, -0.25) is 4.98 Å². The van der Waals surface area contributed by atoms with E-state index in [0.29, 0.717) is 30.2 Å². The molecular formula is C12H14N4O2S.